The summed E-state index contributed by atoms with van der Waals surface area (Å²) < 4.78 is 0. The Morgan fingerprint density at radius 1 is 1.35 bits per heavy atom. The third kappa shape index (κ3) is 3.76. The lowest BCUT2D eigenvalue weighted by atomic mass is 10.0. The second-order valence-electron chi connectivity index (χ2n) is 5.30. The Morgan fingerprint density at radius 2 is 1.95 bits per heavy atom. The first-order valence-electron chi connectivity index (χ1n) is 6.55. The number of carboxylic acid groups (broad SMARTS) is 1. The molecule has 1 amide bonds. The largest absolute Gasteiger partial charge is 0.481 e. The van der Waals surface area contributed by atoms with Gasteiger partial charge in [-0.2, -0.15) is 0 Å². The number of aliphatic carboxylic acids is 1. The molecule has 6 nitrogen and oxygen atoms in total. The van der Waals surface area contributed by atoms with Crippen LogP contribution in [0.4, 0.5) is 0 Å². The van der Waals surface area contributed by atoms with Gasteiger partial charge in [0.25, 0.3) is 5.91 Å². The molecule has 1 aromatic heterocycles. The summed E-state index contributed by atoms with van der Waals surface area (Å²) in [6.07, 6.45) is 1.52. The number of rotatable bonds is 5. The number of hydrogen-bond donors (Lipinski definition) is 1. The van der Waals surface area contributed by atoms with Crippen molar-refractivity contribution in [1.82, 2.24) is 14.9 Å². The van der Waals surface area contributed by atoms with E-state index in [-0.39, 0.29) is 18.4 Å². The molecule has 0 radical (unpaired) electrons. The zero-order valence-electron chi connectivity index (χ0n) is 12.5. The van der Waals surface area contributed by atoms with E-state index in [0.29, 0.717) is 17.1 Å². The van der Waals surface area contributed by atoms with Gasteiger partial charge in [0.2, 0.25) is 0 Å². The van der Waals surface area contributed by atoms with E-state index in [1.54, 1.807) is 20.9 Å². The van der Waals surface area contributed by atoms with E-state index < -0.39 is 11.9 Å². The van der Waals surface area contributed by atoms with Gasteiger partial charge in [-0.1, -0.05) is 20.8 Å². The number of aryl methyl sites for hydroxylation is 1. The zero-order chi connectivity index (χ0) is 15.4. The van der Waals surface area contributed by atoms with Crippen LogP contribution in [0, 0.1) is 12.8 Å². The molecule has 0 bridgehead atoms. The Balaban J connectivity index is 3.00. The normalized spacial score (nSPS) is 12.3. The van der Waals surface area contributed by atoms with Crippen LogP contribution >= 0.6 is 0 Å². The van der Waals surface area contributed by atoms with Gasteiger partial charge in [-0.25, -0.2) is 9.97 Å². The molecule has 1 atom stereocenters. The molecule has 20 heavy (non-hydrogen) atoms. The summed E-state index contributed by atoms with van der Waals surface area (Å²) in [5, 5.41) is 8.90. The maximum Gasteiger partial charge on any atom is 0.308 e. The lowest BCUT2D eigenvalue weighted by Crippen LogP contribution is -2.34. The number of carbonyl (C=O) groups is 2. The SMILES string of the molecule is Cc1ncc(C(=O)N(C)CC(C)C(=O)O)c(C(C)C)n1. The third-order valence-corrected chi connectivity index (χ3v) is 3.03. The first-order chi connectivity index (χ1) is 9.23. The fourth-order valence-electron chi connectivity index (χ4n) is 1.87. The molecule has 0 saturated heterocycles. The maximum atomic E-state index is 12.4. The van der Waals surface area contributed by atoms with Gasteiger partial charge in [-0.3, -0.25) is 9.59 Å². The Hall–Kier alpha value is -1.98. The first-order valence-corrected chi connectivity index (χ1v) is 6.55. The van der Waals surface area contributed by atoms with Crippen molar-refractivity contribution in [1.29, 1.82) is 0 Å². The van der Waals surface area contributed by atoms with Crippen LogP contribution in [0.2, 0.25) is 0 Å². The molecule has 1 rings (SSSR count). The van der Waals surface area contributed by atoms with E-state index in [2.05, 4.69) is 9.97 Å². The van der Waals surface area contributed by atoms with Crippen molar-refractivity contribution in [2.24, 2.45) is 5.92 Å². The Labute approximate surface area is 118 Å². The van der Waals surface area contributed by atoms with Crippen LogP contribution in [0.5, 0.6) is 0 Å². The highest BCUT2D eigenvalue weighted by Gasteiger charge is 2.22. The lowest BCUT2D eigenvalue weighted by molar-refractivity contribution is -0.141. The highest BCUT2D eigenvalue weighted by molar-refractivity contribution is 5.95. The smallest absolute Gasteiger partial charge is 0.308 e. The number of carbonyl (C=O) groups excluding carboxylic acids is 1. The van der Waals surface area contributed by atoms with E-state index in [1.807, 2.05) is 13.8 Å². The number of hydrogen-bond acceptors (Lipinski definition) is 4. The predicted molar refractivity (Wildman–Crippen MR) is 74.6 cm³/mol. The van der Waals surface area contributed by atoms with Crippen molar-refractivity contribution in [3.8, 4) is 0 Å². The Morgan fingerprint density at radius 3 is 2.45 bits per heavy atom. The van der Waals surface area contributed by atoms with Gasteiger partial charge < -0.3 is 10.0 Å². The summed E-state index contributed by atoms with van der Waals surface area (Å²) in [4.78, 5) is 33.0. The van der Waals surface area contributed by atoms with Crippen LogP contribution < -0.4 is 0 Å². The molecule has 1 aromatic rings. The van der Waals surface area contributed by atoms with Gasteiger partial charge in [0.15, 0.2) is 0 Å². The predicted octanol–water partition coefficient (Wildman–Crippen LogP) is 1.70. The standard InChI is InChI=1S/C14H21N3O3/c1-8(2)12-11(6-15-10(4)16-12)13(18)17(5)7-9(3)14(19)20/h6,8-9H,7H2,1-5H3,(H,19,20). The molecule has 0 aliphatic heterocycles. The van der Waals surface area contributed by atoms with Gasteiger partial charge in [0.1, 0.15) is 5.82 Å². The average molecular weight is 279 g/mol. The number of aromatic nitrogens is 2. The second kappa shape index (κ2) is 6.45. The molecule has 0 fully saturated rings. The van der Waals surface area contributed by atoms with Gasteiger partial charge in [-0.15, -0.1) is 0 Å². The topological polar surface area (TPSA) is 83.4 Å². The summed E-state index contributed by atoms with van der Waals surface area (Å²) in [5.74, 6) is -1.07. The van der Waals surface area contributed by atoms with E-state index >= 15 is 0 Å². The van der Waals surface area contributed by atoms with E-state index in [0.717, 1.165) is 0 Å². The Bertz CT molecular complexity index is 514. The summed E-state index contributed by atoms with van der Waals surface area (Å²) in [6.45, 7) is 7.41. The second-order valence-corrected chi connectivity index (χ2v) is 5.30. The van der Waals surface area contributed by atoms with Crippen LogP contribution in [0.15, 0.2) is 6.20 Å². The quantitative estimate of drug-likeness (QED) is 0.887. The van der Waals surface area contributed by atoms with Crippen molar-refractivity contribution in [2.45, 2.75) is 33.6 Å². The molecule has 0 saturated carbocycles. The molecule has 0 aliphatic carbocycles. The fourth-order valence-corrected chi connectivity index (χ4v) is 1.87. The van der Waals surface area contributed by atoms with Crippen LogP contribution in [0.3, 0.4) is 0 Å². The van der Waals surface area contributed by atoms with Crippen LogP contribution in [0.25, 0.3) is 0 Å². The summed E-state index contributed by atoms with van der Waals surface area (Å²) >= 11 is 0. The summed E-state index contributed by atoms with van der Waals surface area (Å²) in [6, 6.07) is 0. The third-order valence-electron chi connectivity index (χ3n) is 3.03. The summed E-state index contributed by atoms with van der Waals surface area (Å²) in [7, 11) is 1.59. The van der Waals surface area contributed by atoms with Crippen LogP contribution in [-0.4, -0.2) is 45.4 Å². The molecular weight excluding hydrogens is 258 g/mol. The van der Waals surface area contributed by atoms with Crippen molar-refractivity contribution >= 4 is 11.9 Å². The lowest BCUT2D eigenvalue weighted by Gasteiger charge is -2.21. The monoisotopic (exact) mass is 279 g/mol. The highest BCUT2D eigenvalue weighted by Crippen LogP contribution is 2.18. The van der Waals surface area contributed by atoms with Gasteiger partial charge in [0.05, 0.1) is 17.2 Å². The van der Waals surface area contributed by atoms with Crippen molar-refractivity contribution in [3.63, 3.8) is 0 Å². The molecule has 110 valence electrons. The molecular formula is C14H21N3O3. The number of amides is 1. The highest BCUT2D eigenvalue weighted by atomic mass is 16.4. The number of nitrogens with zero attached hydrogens (tertiary/aromatic N) is 3. The Kier molecular flexibility index (Phi) is 5.19. The zero-order valence-corrected chi connectivity index (χ0v) is 12.5. The minimum absolute atomic E-state index is 0.0981. The molecule has 1 unspecified atom stereocenters. The van der Waals surface area contributed by atoms with Crippen LogP contribution in [-0.2, 0) is 4.79 Å². The van der Waals surface area contributed by atoms with Crippen molar-refractivity contribution < 1.29 is 14.7 Å². The first kappa shape index (κ1) is 16.1. The van der Waals surface area contributed by atoms with E-state index in [4.69, 9.17) is 5.11 Å². The average Bonchev–Trinajstić information content (AvgIpc) is 2.37. The van der Waals surface area contributed by atoms with Crippen molar-refractivity contribution in [3.05, 3.63) is 23.3 Å². The van der Waals surface area contributed by atoms with E-state index in [1.165, 1.54) is 11.1 Å². The molecule has 0 aromatic carbocycles. The molecule has 1 heterocycles. The number of carboxylic acids is 1. The summed E-state index contributed by atoms with van der Waals surface area (Å²) in [5.41, 5.74) is 1.13. The maximum absolute atomic E-state index is 12.4. The molecule has 1 N–H and O–H groups in total. The fraction of sp³-hybridized carbons (Fsp3) is 0.571. The van der Waals surface area contributed by atoms with Gasteiger partial charge in [-0.05, 0) is 12.8 Å². The van der Waals surface area contributed by atoms with E-state index in [9.17, 15) is 9.59 Å². The van der Waals surface area contributed by atoms with Gasteiger partial charge in [0, 0.05) is 19.8 Å². The van der Waals surface area contributed by atoms with Crippen molar-refractivity contribution in [2.75, 3.05) is 13.6 Å². The van der Waals surface area contributed by atoms with Crippen LogP contribution in [0.1, 0.15) is 48.6 Å². The molecule has 6 heteroatoms. The van der Waals surface area contributed by atoms with Gasteiger partial charge >= 0.3 is 5.97 Å². The molecule has 0 spiro atoms. The molecule has 0 aliphatic rings. The minimum Gasteiger partial charge on any atom is -0.481 e. The minimum atomic E-state index is -0.922.